The van der Waals surface area contributed by atoms with Crippen molar-refractivity contribution in [3.05, 3.63) is 42.0 Å². The zero-order valence-electron chi connectivity index (χ0n) is 9.65. The van der Waals surface area contributed by atoms with Gasteiger partial charge < -0.3 is 5.11 Å². The number of benzene rings is 1. The van der Waals surface area contributed by atoms with Crippen molar-refractivity contribution in [1.29, 1.82) is 0 Å². The van der Waals surface area contributed by atoms with E-state index in [9.17, 15) is 5.11 Å². The molecule has 2 rings (SSSR count). The van der Waals surface area contributed by atoms with Gasteiger partial charge in [-0.05, 0) is 30.9 Å². The van der Waals surface area contributed by atoms with Gasteiger partial charge in [-0.15, -0.1) is 11.8 Å². The minimum Gasteiger partial charge on any atom is -0.392 e. The Bertz CT molecular complexity index is 361. The highest BCUT2D eigenvalue weighted by Gasteiger charge is 2.27. The lowest BCUT2D eigenvalue weighted by Gasteiger charge is -2.17. The molecule has 0 radical (unpaired) electrons. The fourth-order valence-electron chi connectivity index (χ4n) is 2.00. The zero-order chi connectivity index (χ0) is 11.5. The highest BCUT2D eigenvalue weighted by Crippen LogP contribution is 2.39. The summed E-state index contributed by atoms with van der Waals surface area (Å²) < 4.78 is 0. The molecular formula is C14H18OS. The van der Waals surface area contributed by atoms with Gasteiger partial charge in [0.05, 0.1) is 6.10 Å². The lowest BCUT2D eigenvalue weighted by Crippen LogP contribution is -2.22. The number of thioether (sulfide) groups is 1. The standard InChI is InChI=1S/C14H18OS/c1-3-10(2)8-12(15)14-9-11-6-4-5-7-13(11)16-14/h4-7,12,14-15H,2-3,8-9H2,1H3. The van der Waals surface area contributed by atoms with Crippen LogP contribution in [0.4, 0.5) is 0 Å². The number of aliphatic hydroxyl groups excluding tert-OH is 1. The molecule has 1 aliphatic rings. The normalized spacial score (nSPS) is 20.5. The van der Waals surface area contributed by atoms with Crippen molar-refractivity contribution in [3.8, 4) is 0 Å². The molecular weight excluding hydrogens is 216 g/mol. The number of fused-ring (bicyclic) bond motifs is 1. The third-order valence-electron chi connectivity index (χ3n) is 3.10. The molecule has 0 aromatic heterocycles. The van der Waals surface area contributed by atoms with Crippen molar-refractivity contribution in [2.45, 2.75) is 42.4 Å². The molecule has 1 aromatic rings. The molecule has 2 heteroatoms. The first-order valence-corrected chi connectivity index (χ1v) is 6.68. The lowest BCUT2D eigenvalue weighted by molar-refractivity contribution is 0.171. The average Bonchev–Trinajstić information content (AvgIpc) is 2.72. The molecule has 0 spiro atoms. The number of rotatable bonds is 4. The minimum absolute atomic E-state index is 0.259. The molecule has 16 heavy (non-hydrogen) atoms. The molecule has 2 unspecified atom stereocenters. The molecule has 86 valence electrons. The van der Waals surface area contributed by atoms with Crippen LogP contribution in [0.15, 0.2) is 41.3 Å². The molecule has 1 aromatic carbocycles. The average molecular weight is 234 g/mol. The van der Waals surface area contributed by atoms with E-state index in [4.69, 9.17) is 0 Å². The fraction of sp³-hybridized carbons (Fsp3) is 0.429. The number of hydrogen-bond donors (Lipinski definition) is 1. The van der Waals surface area contributed by atoms with Crippen molar-refractivity contribution in [2.24, 2.45) is 0 Å². The van der Waals surface area contributed by atoms with Crippen molar-refractivity contribution in [1.82, 2.24) is 0 Å². The highest BCUT2D eigenvalue weighted by atomic mass is 32.2. The first-order chi connectivity index (χ1) is 7.70. The quantitative estimate of drug-likeness (QED) is 0.806. The minimum atomic E-state index is -0.259. The summed E-state index contributed by atoms with van der Waals surface area (Å²) in [6, 6.07) is 8.43. The zero-order valence-corrected chi connectivity index (χ0v) is 10.5. The van der Waals surface area contributed by atoms with Crippen LogP contribution in [0.5, 0.6) is 0 Å². The molecule has 0 amide bonds. The van der Waals surface area contributed by atoms with Gasteiger partial charge in [-0.1, -0.05) is 37.3 Å². The van der Waals surface area contributed by atoms with Crippen molar-refractivity contribution in [2.75, 3.05) is 0 Å². The van der Waals surface area contributed by atoms with Crippen LogP contribution in [0, 0.1) is 0 Å². The monoisotopic (exact) mass is 234 g/mol. The summed E-state index contributed by atoms with van der Waals surface area (Å²) in [7, 11) is 0. The van der Waals surface area contributed by atoms with E-state index in [2.05, 4.69) is 37.8 Å². The van der Waals surface area contributed by atoms with Gasteiger partial charge >= 0.3 is 0 Å². The van der Waals surface area contributed by atoms with Crippen molar-refractivity contribution in [3.63, 3.8) is 0 Å². The summed E-state index contributed by atoms with van der Waals surface area (Å²) in [6.45, 7) is 6.05. The van der Waals surface area contributed by atoms with Gasteiger partial charge in [0.2, 0.25) is 0 Å². The predicted octanol–water partition coefficient (Wildman–Crippen LogP) is 3.42. The Morgan fingerprint density at radius 3 is 3.00 bits per heavy atom. The second kappa shape index (κ2) is 5.07. The van der Waals surface area contributed by atoms with E-state index < -0.39 is 0 Å². The van der Waals surface area contributed by atoms with E-state index in [0.29, 0.717) is 5.25 Å². The largest absolute Gasteiger partial charge is 0.392 e. The van der Waals surface area contributed by atoms with Crippen LogP contribution in [0.25, 0.3) is 0 Å². The van der Waals surface area contributed by atoms with Gasteiger partial charge in [0.1, 0.15) is 0 Å². The van der Waals surface area contributed by atoms with E-state index in [0.717, 1.165) is 24.8 Å². The highest BCUT2D eigenvalue weighted by molar-refractivity contribution is 8.00. The Labute approximate surface area is 102 Å². The van der Waals surface area contributed by atoms with Crippen LogP contribution < -0.4 is 0 Å². The van der Waals surface area contributed by atoms with Gasteiger partial charge in [0.25, 0.3) is 0 Å². The molecule has 1 aliphatic heterocycles. The van der Waals surface area contributed by atoms with E-state index in [1.807, 2.05) is 0 Å². The lowest BCUT2D eigenvalue weighted by atomic mass is 10.0. The number of hydrogen-bond acceptors (Lipinski definition) is 2. The summed E-state index contributed by atoms with van der Waals surface area (Å²) in [5.41, 5.74) is 2.52. The topological polar surface area (TPSA) is 20.2 Å². The first kappa shape index (κ1) is 11.7. The Morgan fingerprint density at radius 1 is 1.56 bits per heavy atom. The molecule has 0 saturated carbocycles. The molecule has 0 saturated heterocycles. The summed E-state index contributed by atoms with van der Waals surface area (Å²) in [6.07, 6.45) is 2.42. The molecule has 1 heterocycles. The van der Waals surface area contributed by atoms with Crippen molar-refractivity contribution >= 4 is 11.8 Å². The third-order valence-corrected chi connectivity index (χ3v) is 4.53. The van der Waals surface area contributed by atoms with E-state index in [-0.39, 0.29) is 6.10 Å². The van der Waals surface area contributed by atoms with Gasteiger partial charge in [-0.3, -0.25) is 0 Å². The smallest absolute Gasteiger partial charge is 0.0702 e. The third kappa shape index (κ3) is 2.50. The summed E-state index contributed by atoms with van der Waals surface area (Å²) in [5, 5.41) is 10.4. The maximum Gasteiger partial charge on any atom is 0.0702 e. The Kier molecular flexibility index (Phi) is 3.72. The molecule has 1 N–H and O–H groups in total. The van der Waals surface area contributed by atoms with Gasteiger partial charge in [0.15, 0.2) is 0 Å². The number of aliphatic hydroxyl groups is 1. The molecule has 0 bridgehead atoms. The second-order valence-electron chi connectivity index (χ2n) is 4.34. The van der Waals surface area contributed by atoms with E-state index in [1.54, 1.807) is 11.8 Å². The van der Waals surface area contributed by atoms with Crippen LogP contribution >= 0.6 is 11.8 Å². The molecule has 1 nitrogen and oxygen atoms in total. The summed E-state index contributed by atoms with van der Waals surface area (Å²) in [4.78, 5) is 1.33. The molecule has 2 atom stereocenters. The van der Waals surface area contributed by atoms with Gasteiger partial charge in [-0.2, -0.15) is 0 Å². The van der Waals surface area contributed by atoms with Crippen LogP contribution in [-0.2, 0) is 6.42 Å². The Morgan fingerprint density at radius 2 is 2.31 bits per heavy atom. The van der Waals surface area contributed by atoms with Gasteiger partial charge in [-0.25, -0.2) is 0 Å². The Balaban J connectivity index is 1.98. The van der Waals surface area contributed by atoms with Crippen LogP contribution in [-0.4, -0.2) is 16.5 Å². The summed E-state index contributed by atoms with van der Waals surface area (Å²) >= 11 is 1.81. The second-order valence-corrected chi connectivity index (χ2v) is 5.62. The van der Waals surface area contributed by atoms with Crippen LogP contribution in [0.2, 0.25) is 0 Å². The SMILES string of the molecule is C=C(CC)CC(O)C1Cc2ccccc2S1. The maximum absolute atomic E-state index is 10.1. The van der Waals surface area contributed by atoms with Crippen LogP contribution in [0.1, 0.15) is 25.3 Å². The summed E-state index contributed by atoms with van der Waals surface area (Å²) in [5.74, 6) is 0. The van der Waals surface area contributed by atoms with E-state index >= 15 is 0 Å². The van der Waals surface area contributed by atoms with Crippen molar-refractivity contribution < 1.29 is 5.11 Å². The Hall–Kier alpha value is -0.730. The van der Waals surface area contributed by atoms with Crippen LogP contribution in [0.3, 0.4) is 0 Å². The molecule has 0 fully saturated rings. The first-order valence-electron chi connectivity index (χ1n) is 5.80. The predicted molar refractivity (Wildman–Crippen MR) is 69.8 cm³/mol. The maximum atomic E-state index is 10.1. The fourth-order valence-corrected chi connectivity index (χ4v) is 3.30. The molecule has 0 aliphatic carbocycles. The van der Waals surface area contributed by atoms with Gasteiger partial charge in [0, 0.05) is 10.1 Å². The van der Waals surface area contributed by atoms with E-state index in [1.165, 1.54) is 10.5 Å².